The van der Waals surface area contributed by atoms with Crippen LogP contribution in [0.2, 0.25) is 0 Å². The van der Waals surface area contributed by atoms with Gasteiger partial charge in [0.05, 0.1) is 30.1 Å². The van der Waals surface area contributed by atoms with Gasteiger partial charge in [-0.15, -0.1) is 0 Å². The van der Waals surface area contributed by atoms with E-state index in [9.17, 15) is 22.8 Å². The van der Waals surface area contributed by atoms with Gasteiger partial charge in [-0.25, -0.2) is 0 Å². The largest absolute Gasteiger partial charge is 0.486 e. The molecule has 3 atom stereocenters. The minimum absolute atomic E-state index is 0.00545. The number of Topliss-reactive ketones (excluding diaryl/α,β-unsaturated/α-hetero) is 1. The molecular formula is C20H23F3O4. The number of hydrogen-bond acceptors (Lipinski definition) is 4. The van der Waals surface area contributed by atoms with Crippen molar-refractivity contribution < 1.29 is 32.2 Å². The van der Waals surface area contributed by atoms with Gasteiger partial charge in [-0.1, -0.05) is 6.92 Å². The summed E-state index contributed by atoms with van der Waals surface area (Å²) in [7, 11) is 0. The maximum atomic E-state index is 13.1. The first kappa shape index (κ1) is 19.7. The number of carbonyl (C=O) groups excluding carboxylic acids is 2. The molecule has 3 unspecified atom stereocenters. The third-order valence-electron chi connectivity index (χ3n) is 5.72. The maximum Gasteiger partial charge on any atom is 0.416 e. The molecule has 4 nitrogen and oxygen atoms in total. The van der Waals surface area contributed by atoms with Crippen LogP contribution in [0.4, 0.5) is 13.2 Å². The van der Waals surface area contributed by atoms with Crippen molar-refractivity contribution in [2.75, 3.05) is 6.61 Å². The van der Waals surface area contributed by atoms with Gasteiger partial charge in [-0.05, 0) is 56.7 Å². The van der Waals surface area contributed by atoms with Crippen LogP contribution in [0.5, 0.6) is 5.75 Å². The quantitative estimate of drug-likeness (QED) is 0.703. The molecule has 0 saturated heterocycles. The molecular weight excluding hydrogens is 361 g/mol. The summed E-state index contributed by atoms with van der Waals surface area (Å²) in [5.74, 6) is -0.839. The van der Waals surface area contributed by atoms with E-state index < -0.39 is 17.3 Å². The van der Waals surface area contributed by atoms with Crippen LogP contribution in [0.1, 0.15) is 61.9 Å². The molecule has 1 saturated carbocycles. The highest BCUT2D eigenvalue weighted by Gasteiger charge is 2.50. The SMILES string of the molecule is CCOC(=O)C1CCC2(CC(=O)c3ccc(C(F)(F)F)cc3O2)C(CC)C1. The third-order valence-corrected chi connectivity index (χ3v) is 5.72. The van der Waals surface area contributed by atoms with E-state index >= 15 is 0 Å². The van der Waals surface area contributed by atoms with Crippen molar-refractivity contribution in [1.29, 1.82) is 0 Å². The van der Waals surface area contributed by atoms with Gasteiger partial charge < -0.3 is 9.47 Å². The van der Waals surface area contributed by atoms with Crippen molar-refractivity contribution in [3.8, 4) is 5.75 Å². The fourth-order valence-electron chi connectivity index (χ4n) is 4.31. The molecule has 1 aromatic carbocycles. The van der Waals surface area contributed by atoms with E-state index in [2.05, 4.69) is 0 Å². The van der Waals surface area contributed by atoms with Crippen molar-refractivity contribution in [2.24, 2.45) is 11.8 Å². The Balaban J connectivity index is 1.89. The van der Waals surface area contributed by atoms with Crippen molar-refractivity contribution >= 4 is 11.8 Å². The van der Waals surface area contributed by atoms with Crippen molar-refractivity contribution in [1.82, 2.24) is 0 Å². The van der Waals surface area contributed by atoms with Crippen LogP contribution in [-0.4, -0.2) is 24.0 Å². The van der Waals surface area contributed by atoms with Crippen LogP contribution in [0.25, 0.3) is 0 Å². The van der Waals surface area contributed by atoms with Crippen molar-refractivity contribution in [3.63, 3.8) is 0 Å². The smallest absolute Gasteiger partial charge is 0.416 e. The first-order valence-electron chi connectivity index (χ1n) is 9.30. The molecule has 0 N–H and O–H groups in total. The van der Waals surface area contributed by atoms with Crippen molar-refractivity contribution in [3.05, 3.63) is 29.3 Å². The zero-order chi connectivity index (χ0) is 19.8. The van der Waals surface area contributed by atoms with Gasteiger partial charge in [0.1, 0.15) is 11.4 Å². The molecule has 1 fully saturated rings. The normalized spacial score (nSPS) is 27.8. The van der Waals surface area contributed by atoms with E-state index in [4.69, 9.17) is 9.47 Å². The fourth-order valence-corrected chi connectivity index (χ4v) is 4.31. The molecule has 0 amide bonds. The summed E-state index contributed by atoms with van der Waals surface area (Å²) in [6.07, 6.45) is -2.26. The van der Waals surface area contributed by atoms with E-state index in [0.717, 1.165) is 12.1 Å². The number of esters is 1. The molecule has 148 valence electrons. The number of carbonyl (C=O) groups is 2. The number of ether oxygens (including phenoxy) is 2. The predicted molar refractivity (Wildman–Crippen MR) is 91.5 cm³/mol. The number of fused-ring (bicyclic) bond motifs is 1. The number of halogens is 3. The van der Waals surface area contributed by atoms with Crippen LogP contribution in [0, 0.1) is 11.8 Å². The Morgan fingerprint density at radius 2 is 2.07 bits per heavy atom. The van der Waals surface area contributed by atoms with E-state index in [1.807, 2.05) is 6.92 Å². The minimum atomic E-state index is -4.50. The number of hydrogen-bond donors (Lipinski definition) is 0. The Labute approximate surface area is 156 Å². The van der Waals surface area contributed by atoms with Crippen molar-refractivity contribution in [2.45, 2.75) is 57.7 Å². The topological polar surface area (TPSA) is 52.6 Å². The van der Waals surface area contributed by atoms with E-state index in [1.165, 1.54) is 6.07 Å². The van der Waals surface area contributed by atoms with Crippen LogP contribution in [0.3, 0.4) is 0 Å². The number of rotatable bonds is 3. The van der Waals surface area contributed by atoms with Gasteiger partial charge in [0, 0.05) is 0 Å². The molecule has 3 rings (SSSR count). The molecule has 0 radical (unpaired) electrons. The zero-order valence-corrected chi connectivity index (χ0v) is 15.4. The summed E-state index contributed by atoms with van der Waals surface area (Å²) in [6.45, 7) is 3.99. The second-order valence-electron chi connectivity index (χ2n) is 7.30. The summed E-state index contributed by atoms with van der Waals surface area (Å²) >= 11 is 0. The molecule has 1 spiro atoms. The first-order chi connectivity index (χ1) is 12.7. The summed E-state index contributed by atoms with van der Waals surface area (Å²) in [5.41, 5.74) is -1.50. The molecule has 2 aliphatic rings. The maximum absolute atomic E-state index is 13.1. The summed E-state index contributed by atoms with van der Waals surface area (Å²) in [6, 6.07) is 3.02. The molecule has 0 aromatic heterocycles. The molecule has 1 heterocycles. The van der Waals surface area contributed by atoms with E-state index in [0.29, 0.717) is 32.3 Å². The fraction of sp³-hybridized carbons (Fsp3) is 0.600. The number of ketones is 1. The lowest BCUT2D eigenvalue weighted by atomic mass is 9.66. The molecule has 0 bridgehead atoms. The Bertz CT molecular complexity index is 743. The van der Waals surface area contributed by atoms with Crippen LogP contribution in [0.15, 0.2) is 18.2 Å². The second kappa shape index (κ2) is 7.17. The lowest BCUT2D eigenvalue weighted by molar-refractivity contribution is -0.153. The number of benzene rings is 1. The lowest BCUT2D eigenvalue weighted by Crippen LogP contribution is -2.52. The van der Waals surface area contributed by atoms with Gasteiger partial charge in [-0.3, -0.25) is 9.59 Å². The number of alkyl halides is 3. The Hall–Kier alpha value is -2.05. The first-order valence-corrected chi connectivity index (χ1v) is 9.30. The molecule has 7 heteroatoms. The van der Waals surface area contributed by atoms with Crippen LogP contribution < -0.4 is 4.74 Å². The van der Waals surface area contributed by atoms with Gasteiger partial charge in [0.15, 0.2) is 5.78 Å². The molecule has 1 aliphatic heterocycles. The summed E-state index contributed by atoms with van der Waals surface area (Å²) in [4.78, 5) is 24.7. The highest BCUT2D eigenvalue weighted by molar-refractivity contribution is 6.00. The van der Waals surface area contributed by atoms with Crippen LogP contribution in [-0.2, 0) is 15.7 Å². The Morgan fingerprint density at radius 1 is 1.33 bits per heavy atom. The average molecular weight is 384 g/mol. The highest BCUT2D eigenvalue weighted by Crippen LogP contribution is 2.48. The van der Waals surface area contributed by atoms with Gasteiger partial charge >= 0.3 is 12.1 Å². The zero-order valence-electron chi connectivity index (χ0n) is 15.4. The van der Waals surface area contributed by atoms with Crippen LogP contribution >= 0.6 is 0 Å². The van der Waals surface area contributed by atoms with Gasteiger partial charge in [-0.2, -0.15) is 13.2 Å². The molecule has 1 aromatic rings. The summed E-state index contributed by atoms with van der Waals surface area (Å²) < 4.78 is 50.4. The van der Waals surface area contributed by atoms with Gasteiger partial charge in [0.25, 0.3) is 0 Å². The predicted octanol–water partition coefficient (Wildman–Crippen LogP) is 4.80. The third kappa shape index (κ3) is 3.69. The second-order valence-corrected chi connectivity index (χ2v) is 7.30. The van der Waals surface area contributed by atoms with E-state index in [1.54, 1.807) is 6.92 Å². The molecule has 27 heavy (non-hydrogen) atoms. The molecule has 1 aliphatic carbocycles. The van der Waals surface area contributed by atoms with E-state index in [-0.39, 0.29) is 41.3 Å². The lowest BCUT2D eigenvalue weighted by Gasteiger charge is -2.47. The highest BCUT2D eigenvalue weighted by atomic mass is 19.4. The minimum Gasteiger partial charge on any atom is -0.486 e. The standard InChI is InChI=1S/C20H23F3O4/c1-3-13-9-12(18(25)26-4-2)7-8-19(13)11-16(24)15-6-5-14(20(21,22)23)10-17(15)27-19/h5-6,10,12-13H,3-4,7-9,11H2,1-2H3. The monoisotopic (exact) mass is 384 g/mol. The van der Waals surface area contributed by atoms with Gasteiger partial charge in [0.2, 0.25) is 0 Å². The summed E-state index contributed by atoms with van der Waals surface area (Å²) in [5, 5.41) is 0. The Morgan fingerprint density at radius 3 is 2.70 bits per heavy atom. The average Bonchev–Trinajstić information content (AvgIpc) is 2.61. The Kier molecular flexibility index (Phi) is 5.23.